The van der Waals surface area contributed by atoms with E-state index in [1.54, 1.807) is 30.8 Å². The Labute approximate surface area is 242 Å². The number of amidine groups is 1. The van der Waals surface area contributed by atoms with E-state index in [1.807, 2.05) is 72.0 Å². The number of nitrogens with zero attached hydrogens (tertiary/aromatic N) is 5. The Kier molecular flexibility index (Phi) is 10.2. The Morgan fingerprint density at radius 2 is 1.55 bits per heavy atom. The highest BCUT2D eigenvalue weighted by Gasteiger charge is 2.67. The predicted molar refractivity (Wildman–Crippen MR) is 165 cm³/mol. The van der Waals surface area contributed by atoms with Crippen LogP contribution < -0.4 is 4.90 Å². The number of halogens is 1. The number of aliphatic imine (C=N–C) groups is 1. The van der Waals surface area contributed by atoms with Gasteiger partial charge in [0, 0.05) is 66.6 Å². The minimum Gasteiger partial charge on any atom is -0.347 e. The van der Waals surface area contributed by atoms with E-state index in [-0.39, 0.29) is 16.8 Å². The van der Waals surface area contributed by atoms with Gasteiger partial charge < -0.3 is 9.80 Å². The standard InChI is InChI=1S/C22H28FN5.C8H10OS.C2H6/c1-15-11-17(23)12-16(2)18(15)19(24-5)28-10-9-27(20-25-7-6-8-26-20)14-22(28)13-21(22,3)4;1-7-3-5-8(6-4-7)10(2)9;1-2/h6-8,11-12H,9-10,13-14H2,1-5H3;3-6H,1-2H3;1-2H3. The normalized spacial score (nSPS) is 20.2. The number of rotatable bonds is 3. The molecule has 1 aromatic heterocycles. The van der Waals surface area contributed by atoms with Gasteiger partial charge in [0.1, 0.15) is 11.7 Å². The molecule has 0 N–H and O–H groups in total. The second kappa shape index (κ2) is 13.0. The molecule has 1 saturated heterocycles. The highest BCUT2D eigenvalue weighted by Crippen LogP contribution is 2.61. The Morgan fingerprint density at radius 1 is 1.00 bits per heavy atom. The molecule has 1 aliphatic heterocycles. The maximum Gasteiger partial charge on any atom is 0.225 e. The van der Waals surface area contributed by atoms with Crippen molar-refractivity contribution in [3.63, 3.8) is 0 Å². The highest BCUT2D eigenvalue weighted by atomic mass is 32.2. The van der Waals surface area contributed by atoms with Gasteiger partial charge in [-0.3, -0.25) is 9.20 Å². The van der Waals surface area contributed by atoms with Crippen LogP contribution in [0.2, 0.25) is 0 Å². The van der Waals surface area contributed by atoms with E-state index in [9.17, 15) is 8.60 Å². The number of aryl methyl sites for hydroxylation is 3. The van der Waals surface area contributed by atoms with Crippen LogP contribution in [0, 0.1) is 32.0 Å². The van der Waals surface area contributed by atoms with Gasteiger partial charge >= 0.3 is 0 Å². The average Bonchev–Trinajstić information content (AvgIpc) is 3.47. The van der Waals surface area contributed by atoms with E-state index in [1.165, 1.54) is 5.56 Å². The minimum absolute atomic E-state index is 0.0213. The van der Waals surface area contributed by atoms with Gasteiger partial charge in [0.2, 0.25) is 5.95 Å². The summed E-state index contributed by atoms with van der Waals surface area (Å²) in [6.07, 6.45) is 6.36. The van der Waals surface area contributed by atoms with Crippen LogP contribution >= 0.6 is 0 Å². The van der Waals surface area contributed by atoms with Crippen molar-refractivity contribution in [3.05, 3.63) is 82.9 Å². The predicted octanol–water partition coefficient (Wildman–Crippen LogP) is 6.36. The van der Waals surface area contributed by atoms with Gasteiger partial charge in [0.05, 0.1) is 5.54 Å². The van der Waals surface area contributed by atoms with Gasteiger partial charge in [0.25, 0.3) is 0 Å². The number of benzene rings is 2. The summed E-state index contributed by atoms with van der Waals surface area (Å²) in [4.78, 5) is 19.2. The van der Waals surface area contributed by atoms with E-state index in [0.29, 0.717) is 0 Å². The van der Waals surface area contributed by atoms with Gasteiger partial charge in [0.15, 0.2) is 0 Å². The lowest BCUT2D eigenvalue weighted by Gasteiger charge is -2.46. The molecule has 216 valence electrons. The van der Waals surface area contributed by atoms with Crippen molar-refractivity contribution in [2.45, 2.75) is 65.3 Å². The SMILES string of the molecule is CC.CN=C(c1c(C)cc(F)cc1C)N1CCN(c2ncccn2)CC12CC2(C)C.Cc1ccc(S(C)=O)cc1. The largest absolute Gasteiger partial charge is 0.347 e. The molecule has 2 atom stereocenters. The second-order valence-corrected chi connectivity index (χ2v) is 12.3. The minimum atomic E-state index is -0.837. The molecular formula is C32H44FN5OS. The van der Waals surface area contributed by atoms with E-state index >= 15 is 0 Å². The first-order valence-corrected chi connectivity index (χ1v) is 15.5. The fourth-order valence-electron chi connectivity index (χ4n) is 5.63. The van der Waals surface area contributed by atoms with E-state index < -0.39 is 10.8 Å². The first kappa shape index (κ1) is 31.4. The van der Waals surface area contributed by atoms with Gasteiger partial charge in [-0.05, 0) is 74.1 Å². The Balaban J connectivity index is 0.000000309. The zero-order valence-electron chi connectivity index (χ0n) is 25.5. The Hall–Kier alpha value is -3.13. The van der Waals surface area contributed by atoms with Crippen LogP contribution in [-0.2, 0) is 10.8 Å². The highest BCUT2D eigenvalue weighted by molar-refractivity contribution is 7.84. The van der Waals surface area contributed by atoms with E-state index in [4.69, 9.17) is 4.99 Å². The van der Waals surface area contributed by atoms with Crippen LogP contribution in [0.3, 0.4) is 0 Å². The fraction of sp³-hybridized carbons (Fsp3) is 0.469. The van der Waals surface area contributed by atoms with Crippen molar-refractivity contribution in [2.75, 3.05) is 37.8 Å². The quantitative estimate of drug-likeness (QED) is 0.273. The molecule has 2 aromatic carbocycles. The third-order valence-corrected chi connectivity index (χ3v) is 8.74. The molecule has 3 aromatic rings. The zero-order valence-corrected chi connectivity index (χ0v) is 26.3. The molecule has 2 heterocycles. The van der Waals surface area contributed by atoms with Crippen molar-refractivity contribution < 1.29 is 8.60 Å². The summed E-state index contributed by atoms with van der Waals surface area (Å²) < 4.78 is 24.7. The number of hydrogen-bond donors (Lipinski definition) is 0. The van der Waals surface area contributed by atoms with Crippen LogP contribution in [0.1, 0.15) is 56.4 Å². The molecule has 2 unspecified atom stereocenters. The molecule has 5 rings (SSSR count). The van der Waals surface area contributed by atoms with Gasteiger partial charge in [-0.15, -0.1) is 0 Å². The molecule has 1 saturated carbocycles. The third-order valence-electron chi connectivity index (χ3n) is 7.81. The summed E-state index contributed by atoms with van der Waals surface area (Å²) in [5.74, 6) is 1.56. The second-order valence-electron chi connectivity index (χ2n) is 10.9. The smallest absolute Gasteiger partial charge is 0.225 e. The first-order valence-electron chi connectivity index (χ1n) is 13.9. The molecule has 2 fully saturated rings. The van der Waals surface area contributed by atoms with E-state index in [0.717, 1.165) is 59.4 Å². The molecular weight excluding hydrogens is 521 g/mol. The van der Waals surface area contributed by atoms with Crippen LogP contribution in [0.15, 0.2) is 64.7 Å². The number of hydrogen-bond acceptors (Lipinski definition) is 5. The number of aromatic nitrogens is 2. The molecule has 2 aliphatic rings. The topological polar surface area (TPSA) is 61.7 Å². The van der Waals surface area contributed by atoms with Crippen molar-refractivity contribution in [2.24, 2.45) is 10.4 Å². The van der Waals surface area contributed by atoms with Gasteiger partial charge in [-0.25, -0.2) is 14.4 Å². The molecule has 8 heteroatoms. The van der Waals surface area contributed by atoms with Crippen molar-refractivity contribution in [1.82, 2.24) is 14.9 Å². The van der Waals surface area contributed by atoms with Crippen molar-refractivity contribution >= 4 is 22.6 Å². The van der Waals surface area contributed by atoms with Crippen LogP contribution in [0.5, 0.6) is 0 Å². The summed E-state index contributed by atoms with van der Waals surface area (Å²) in [7, 11) is 1.00. The number of piperazine rings is 1. The van der Waals surface area contributed by atoms with Crippen LogP contribution in [-0.4, -0.2) is 63.4 Å². The molecule has 0 bridgehead atoms. The number of anilines is 1. The summed E-state index contributed by atoms with van der Waals surface area (Å²) >= 11 is 0. The lowest BCUT2D eigenvalue weighted by Crippen LogP contribution is -2.59. The molecule has 6 nitrogen and oxygen atoms in total. The Bertz CT molecular complexity index is 1320. The molecule has 1 aliphatic carbocycles. The van der Waals surface area contributed by atoms with Gasteiger partial charge in [-0.1, -0.05) is 45.4 Å². The third kappa shape index (κ3) is 6.60. The first-order chi connectivity index (χ1) is 19.0. The maximum absolute atomic E-state index is 13.9. The molecule has 40 heavy (non-hydrogen) atoms. The van der Waals surface area contributed by atoms with Gasteiger partial charge in [-0.2, -0.15) is 0 Å². The summed E-state index contributed by atoms with van der Waals surface area (Å²) in [6.45, 7) is 17.1. The Morgan fingerprint density at radius 3 is 2.02 bits per heavy atom. The zero-order chi connectivity index (χ0) is 29.7. The molecule has 0 radical (unpaired) electrons. The summed E-state index contributed by atoms with van der Waals surface area (Å²) in [5, 5.41) is 0. The van der Waals surface area contributed by atoms with E-state index in [2.05, 4.69) is 33.6 Å². The lowest BCUT2D eigenvalue weighted by molar-refractivity contribution is 0.214. The average molecular weight is 566 g/mol. The van der Waals surface area contributed by atoms with Crippen LogP contribution in [0.4, 0.5) is 10.3 Å². The monoisotopic (exact) mass is 565 g/mol. The summed E-state index contributed by atoms with van der Waals surface area (Å²) in [5.41, 5.74) is 4.26. The lowest BCUT2D eigenvalue weighted by atomic mass is 9.95. The fourth-order valence-corrected chi connectivity index (χ4v) is 6.15. The molecule has 1 spiro atoms. The maximum atomic E-state index is 13.9. The summed E-state index contributed by atoms with van der Waals surface area (Å²) in [6, 6.07) is 12.8. The van der Waals surface area contributed by atoms with Crippen molar-refractivity contribution in [1.29, 1.82) is 0 Å². The van der Waals surface area contributed by atoms with Crippen molar-refractivity contribution in [3.8, 4) is 0 Å². The van der Waals surface area contributed by atoms with Crippen LogP contribution in [0.25, 0.3) is 0 Å². The molecule has 0 amide bonds.